The van der Waals surface area contributed by atoms with E-state index in [2.05, 4.69) is 4.74 Å². The van der Waals surface area contributed by atoms with E-state index in [0.29, 0.717) is 0 Å². The van der Waals surface area contributed by atoms with Gasteiger partial charge in [-0.3, -0.25) is 0 Å². The van der Waals surface area contributed by atoms with E-state index in [9.17, 15) is 4.39 Å². The third-order valence-corrected chi connectivity index (χ3v) is 1.94. The van der Waals surface area contributed by atoms with Crippen LogP contribution in [0.3, 0.4) is 0 Å². The molecule has 0 aromatic carbocycles. The average Bonchev–Trinajstić information content (AvgIpc) is 2.12. The molecule has 7 heteroatoms. The molecule has 0 radical (unpaired) electrons. The molecule has 6 nitrogen and oxygen atoms in total. The zero-order chi connectivity index (χ0) is 10.2. The highest BCUT2D eigenvalue weighted by atomic mass is 19.2. The second kappa shape index (κ2) is 3.45. The van der Waals surface area contributed by atoms with Crippen LogP contribution in [0.1, 0.15) is 0 Å². The van der Waals surface area contributed by atoms with Crippen LogP contribution in [-0.2, 0) is 4.74 Å². The maximum Gasteiger partial charge on any atom is 0.263 e. The lowest BCUT2D eigenvalue weighted by Gasteiger charge is -2.41. The summed E-state index contributed by atoms with van der Waals surface area (Å²) in [5.74, 6) is -2.95. The molecule has 78 valence electrons. The molecular weight excluding hydrogens is 187 g/mol. The molecular formula is C6H11FO6. The predicted molar refractivity (Wildman–Crippen MR) is 36.0 cm³/mol. The van der Waals surface area contributed by atoms with Gasteiger partial charge in [-0.15, -0.1) is 0 Å². The molecule has 5 N–H and O–H groups in total. The number of hydrogen-bond donors (Lipinski definition) is 5. The summed E-state index contributed by atoms with van der Waals surface area (Å²) in [7, 11) is 0. The highest BCUT2D eigenvalue weighted by Gasteiger charge is 2.53. The van der Waals surface area contributed by atoms with E-state index in [1.165, 1.54) is 0 Å². The van der Waals surface area contributed by atoms with Gasteiger partial charge in [0.25, 0.3) is 5.85 Å². The fraction of sp³-hybridized carbons (Fsp3) is 1.00. The molecule has 0 amide bonds. The van der Waals surface area contributed by atoms with Crippen molar-refractivity contribution in [3.05, 3.63) is 0 Å². The molecule has 0 saturated carbocycles. The highest BCUT2D eigenvalue weighted by Crippen LogP contribution is 2.29. The second-order valence-electron chi connectivity index (χ2n) is 2.88. The molecule has 0 aliphatic carbocycles. The van der Waals surface area contributed by atoms with E-state index in [4.69, 9.17) is 25.5 Å². The summed E-state index contributed by atoms with van der Waals surface area (Å²) < 4.78 is 17.3. The lowest BCUT2D eigenvalue weighted by Crippen LogP contribution is -2.63. The van der Waals surface area contributed by atoms with E-state index in [1.54, 1.807) is 0 Å². The lowest BCUT2D eigenvalue weighted by atomic mass is 9.98. The smallest absolute Gasteiger partial charge is 0.263 e. The topological polar surface area (TPSA) is 110 Å². The Kier molecular flexibility index (Phi) is 2.85. The van der Waals surface area contributed by atoms with Crippen LogP contribution in [0.4, 0.5) is 4.39 Å². The summed E-state index contributed by atoms with van der Waals surface area (Å²) in [5, 5.41) is 44.2. The number of alkyl halides is 1. The standard InChI is InChI=1S/C6H11FO6/c7-6(1-8)4(11)2(9)3(10)5(12)13-6/h2-5,8-12H,1H2/t2-,3+,4+,5-,6+/m1/s1. The molecule has 5 atom stereocenters. The quantitative estimate of drug-likeness (QED) is 0.308. The summed E-state index contributed by atoms with van der Waals surface area (Å²) >= 11 is 0. The van der Waals surface area contributed by atoms with Crippen LogP contribution < -0.4 is 0 Å². The van der Waals surface area contributed by atoms with E-state index >= 15 is 0 Å². The molecule has 1 aliphatic rings. The van der Waals surface area contributed by atoms with Crippen molar-refractivity contribution in [2.75, 3.05) is 6.61 Å². The van der Waals surface area contributed by atoms with Gasteiger partial charge in [-0.05, 0) is 0 Å². The van der Waals surface area contributed by atoms with Gasteiger partial charge in [-0.2, -0.15) is 0 Å². The molecule has 1 saturated heterocycles. The third-order valence-electron chi connectivity index (χ3n) is 1.94. The molecule has 0 bridgehead atoms. The number of halogens is 1. The lowest BCUT2D eigenvalue weighted by molar-refractivity contribution is -0.365. The van der Waals surface area contributed by atoms with Crippen LogP contribution in [-0.4, -0.2) is 62.6 Å². The Labute approximate surface area is 72.8 Å². The van der Waals surface area contributed by atoms with Gasteiger partial charge in [0.05, 0.1) is 0 Å². The molecule has 1 heterocycles. The Balaban J connectivity index is 2.82. The first-order valence-electron chi connectivity index (χ1n) is 3.62. The van der Waals surface area contributed by atoms with Gasteiger partial charge >= 0.3 is 0 Å². The number of hydrogen-bond acceptors (Lipinski definition) is 6. The average molecular weight is 198 g/mol. The van der Waals surface area contributed by atoms with Gasteiger partial charge in [0.2, 0.25) is 0 Å². The fourth-order valence-electron chi connectivity index (χ4n) is 1.08. The van der Waals surface area contributed by atoms with Crippen LogP contribution in [0.15, 0.2) is 0 Å². The molecule has 1 rings (SSSR count). The molecule has 13 heavy (non-hydrogen) atoms. The summed E-state index contributed by atoms with van der Waals surface area (Å²) in [5.41, 5.74) is 0. The maximum absolute atomic E-state index is 13.2. The highest BCUT2D eigenvalue weighted by molar-refractivity contribution is 4.93. The monoisotopic (exact) mass is 198 g/mol. The van der Waals surface area contributed by atoms with Crippen LogP contribution in [0, 0.1) is 0 Å². The van der Waals surface area contributed by atoms with E-state index < -0.39 is 37.1 Å². The van der Waals surface area contributed by atoms with Crippen molar-refractivity contribution in [2.24, 2.45) is 0 Å². The number of aliphatic hydroxyl groups excluding tert-OH is 5. The molecule has 0 spiro atoms. The van der Waals surface area contributed by atoms with Gasteiger partial charge in [0, 0.05) is 0 Å². The van der Waals surface area contributed by atoms with Crippen molar-refractivity contribution in [2.45, 2.75) is 30.5 Å². The minimum Gasteiger partial charge on any atom is -0.390 e. The summed E-state index contributed by atoms with van der Waals surface area (Å²) in [6.45, 7) is -1.23. The van der Waals surface area contributed by atoms with E-state index in [-0.39, 0.29) is 0 Å². The Morgan fingerprint density at radius 1 is 1.15 bits per heavy atom. The second-order valence-corrected chi connectivity index (χ2v) is 2.88. The number of rotatable bonds is 1. The van der Waals surface area contributed by atoms with Crippen molar-refractivity contribution < 1.29 is 34.7 Å². The zero-order valence-electron chi connectivity index (χ0n) is 6.54. The first kappa shape index (κ1) is 10.8. The predicted octanol–water partition coefficient (Wildman–Crippen LogP) is -2.92. The third kappa shape index (κ3) is 1.66. The van der Waals surface area contributed by atoms with Crippen LogP contribution in [0.2, 0.25) is 0 Å². The molecule has 0 aromatic rings. The van der Waals surface area contributed by atoms with Gasteiger partial charge < -0.3 is 30.3 Å². The Hall–Kier alpha value is -0.310. The first-order chi connectivity index (χ1) is 5.92. The minimum absolute atomic E-state index is 1.23. The van der Waals surface area contributed by atoms with Crippen LogP contribution >= 0.6 is 0 Å². The van der Waals surface area contributed by atoms with Gasteiger partial charge in [-0.1, -0.05) is 0 Å². The fourth-order valence-corrected chi connectivity index (χ4v) is 1.08. The van der Waals surface area contributed by atoms with Crippen molar-refractivity contribution in [3.8, 4) is 0 Å². The van der Waals surface area contributed by atoms with Gasteiger partial charge in [-0.25, -0.2) is 4.39 Å². The Morgan fingerprint density at radius 2 is 1.69 bits per heavy atom. The van der Waals surface area contributed by atoms with Crippen molar-refractivity contribution in [3.63, 3.8) is 0 Å². The number of aliphatic hydroxyl groups is 5. The van der Waals surface area contributed by atoms with Gasteiger partial charge in [0.15, 0.2) is 6.29 Å². The Bertz CT molecular complexity index is 190. The maximum atomic E-state index is 13.2. The Morgan fingerprint density at radius 3 is 2.15 bits per heavy atom. The minimum atomic E-state index is -2.95. The normalized spacial score (nSPS) is 52.2. The number of ether oxygens (including phenoxy) is 1. The molecule has 0 unspecified atom stereocenters. The summed E-state index contributed by atoms with van der Waals surface area (Å²) in [6, 6.07) is 0. The molecule has 1 fully saturated rings. The summed E-state index contributed by atoms with van der Waals surface area (Å²) in [4.78, 5) is 0. The van der Waals surface area contributed by atoms with E-state index in [0.717, 1.165) is 0 Å². The molecule has 0 aromatic heterocycles. The SMILES string of the molecule is OC[C@]1(F)O[C@@H](O)[C@@H](O)[C@@H](O)[C@@H]1O. The largest absolute Gasteiger partial charge is 0.390 e. The summed E-state index contributed by atoms with van der Waals surface area (Å²) in [6.07, 6.45) is -7.78. The van der Waals surface area contributed by atoms with Crippen molar-refractivity contribution in [1.82, 2.24) is 0 Å². The van der Waals surface area contributed by atoms with Crippen LogP contribution in [0.25, 0.3) is 0 Å². The zero-order valence-corrected chi connectivity index (χ0v) is 6.54. The van der Waals surface area contributed by atoms with E-state index in [1.807, 2.05) is 0 Å². The van der Waals surface area contributed by atoms with Crippen molar-refractivity contribution in [1.29, 1.82) is 0 Å². The molecule has 1 aliphatic heterocycles. The van der Waals surface area contributed by atoms with Crippen LogP contribution in [0.5, 0.6) is 0 Å². The van der Waals surface area contributed by atoms with Gasteiger partial charge in [0.1, 0.15) is 24.9 Å². The first-order valence-corrected chi connectivity index (χ1v) is 3.62. The van der Waals surface area contributed by atoms with Crippen molar-refractivity contribution >= 4 is 0 Å².